The lowest BCUT2D eigenvalue weighted by Crippen LogP contribution is -1.99. The molecule has 0 fully saturated rings. The molecule has 7 heteroatoms. The molecule has 0 aliphatic rings. The summed E-state index contributed by atoms with van der Waals surface area (Å²) < 4.78 is 9.67. The molecule has 0 unspecified atom stereocenters. The van der Waals surface area contributed by atoms with Crippen LogP contribution in [-0.2, 0) is 13.5 Å². The van der Waals surface area contributed by atoms with Gasteiger partial charge in [-0.05, 0) is 55.0 Å². The van der Waals surface area contributed by atoms with E-state index < -0.39 is 0 Å². The second kappa shape index (κ2) is 6.45. The summed E-state index contributed by atoms with van der Waals surface area (Å²) in [6.07, 6.45) is 4.39. The molecule has 0 spiro atoms. The van der Waals surface area contributed by atoms with Crippen LogP contribution in [0.15, 0.2) is 60.9 Å². The van der Waals surface area contributed by atoms with Crippen LogP contribution in [0.25, 0.3) is 27.9 Å². The Balaban J connectivity index is 1.48. The first kappa shape index (κ1) is 16.4. The number of aromatic nitrogens is 6. The highest BCUT2D eigenvalue weighted by Gasteiger charge is 2.13. The number of hydrogen-bond donors (Lipinski definition) is 0. The van der Waals surface area contributed by atoms with Gasteiger partial charge in [0.1, 0.15) is 11.3 Å². The molecule has 0 saturated heterocycles. The first-order chi connectivity index (χ1) is 13.7. The maximum atomic E-state index is 5.97. The van der Waals surface area contributed by atoms with Crippen molar-refractivity contribution in [1.29, 1.82) is 0 Å². The molecule has 7 nitrogen and oxygen atoms in total. The van der Waals surface area contributed by atoms with E-state index in [0.717, 1.165) is 40.0 Å². The molecule has 0 amide bonds. The van der Waals surface area contributed by atoms with E-state index >= 15 is 0 Å². The number of fused-ring (bicyclic) bond motifs is 2. The van der Waals surface area contributed by atoms with Crippen molar-refractivity contribution in [3.63, 3.8) is 0 Å². The average molecular weight is 370 g/mol. The van der Waals surface area contributed by atoms with E-state index in [1.54, 1.807) is 12.4 Å². The van der Waals surface area contributed by atoms with Gasteiger partial charge in [-0.1, -0.05) is 6.92 Å². The number of hydrogen-bond acceptors (Lipinski definition) is 5. The van der Waals surface area contributed by atoms with E-state index in [9.17, 15) is 0 Å². The summed E-state index contributed by atoms with van der Waals surface area (Å²) >= 11 is 0. The lowest BCUT2D eigenvalue weighted by molar-refractivity contribution is 0.427. The lowest BCUT2D eigenvalue weighted by Gasteiger charge is -2.07. The summed E-state index contributed by atoms with van der Waals surface area (Å²) in [5, 5.41) is 5.80. The van der Waals surface area contributed by atoms with E-state index in [4.69, 9.17) is 9.84 Å². The number of aryl methyl sites for hydroxylation is 2. The second-order valence-corrected chi connectivity index (χ2v) is 6.48. The minimum absolute atomic E-state index is 0.501. The predicted molar refractivity (Wildman–Crippen MR) is 107 cm³/mol. The van der Waals surface area contributed by atoms with Crippen LogP contribution in [0.4, 0.5) is 0 Å². The third kappa shape index (κ3) is 2.60. The van der Waals surface area contributed by atoms with Gasteiger partial charge in [0.2, 0.25) is 0 Å². The van der Waals surface area contributed by atoms with E-state index in [-0.39, 0.29) is 0 Å². The van der Waals surface area contributed by atoms with E-state index in [1.807, 2.05) is 58.8 Å². The molecule has 0 N–H and O–H groups in total. The first-order valence-corrected chi connectivity index (χ1v) is 9.13. The van der Waals surface area contributed by atoms with Gasteiger partial charge in [-0.3, -0.25) is 4.57 Å². The van der Waals surface area contributed by atoms with Crippen LogP contribution in [-0.4, -0.2) is 29.3 Å². The Kier molecular flexibility index (Phi) is 3.79. The number of pyridine rings is 2. The van der Waals surface area contributed by atoms with Gasteiger partial charge in [0, 0.05) is 24.8 Å². The highest BCUT2D eigenvalue weighted by molar-refractivity contribution is 5.79. The van der Waals surface area contributed by atoms with Crippen molar-refractivity contribution < 1.29 is 4.74 Å². The third-order valence-electron chi connectivity index (χ3n) is 4.73. The molecule has 138 valence electrons. The minimum atomic E-state index is 0.501. The van der Waals surface area contributed by atoms with E-state index in [2.05, 4.69) is 27.9 Å². The Hall–Kier alpha value is -3.74. The molecule has 28 heavy (non-hydrogen) atoms. The third-order valence-corrected chi connectivity index (χ3v) is 4.73. The summed E-state index contributed by atoms with van der Waals surface area (Å²) in [4.78, 5) is 13.3. The summed E-state index contributed by atoms with van der Waals surface area (Å²) in [7, 11) is 1.89. The molecule has 5 rings (SSSR count). The zero-order valence-electron chi connectivity index (χ0n) is 15.6. The smallest absolute Gasteiger partial charge is 0.303 e. The molecule has 0 bridgehead atoms. The van der Waals surface area contributed by atoms with Crippen molar-refractivity contribution >= 4 is 22.2 Å². The molecule has 4 heterocycles. The first-order valence-electron chi connectivity index (χ1n) is 9.13. The number of benzene rings is 1. The maximum absolute atomic E-state index is 5.97. The maximum Gasteiger partial charge on any atom is 0.303 e. The number of nitrogens with zero attached hydrogens (tertiary/aromatic N) is 6. The van der Waals surface area contributed by atoms with Gasteiger partial charge >= 0.3 is 6.01 Å². The molecule has 0 saturated carbocycles. The standard InChI is InChI=1S/C21H18N6O/c1-3-17-16-6-4-12-22-19(16)27(25-17)14-8-10-15(11-9-14)28-21-24-18-7-5-13-23-20(18)26(21)2/h4-13H,3H2,1-2H3. The van der Waals surface area contributed by atoms with E-state index in [1.165, 1.54) is 0 Å². The monoisotopic (exact) mass is 370 g/mol. The Morgan fingerprint density at radius 1 is 0.929 bits per heavy atom. The van der Waals surface area contributed by atoms with Crippen LogP contribution in [0, 0.1) is 0 Å². The van der Waals surface area contributed by atoms with Crippen molar-refractivity contribution in [3.8, 4) is 17.4 Å². The van der Waals surface area contributed by atoms with Crippen LogP contribution in [0.2, 0.25) is 0 Å². The molecule has 0 radical (unpaired) electrons. The van der Waals surface area contributed by atoms with Crippen molar-refractivity contribution in [2.24, 2.45) is 7.05 Å². The topological polar surface area (TPSA) is 70.7 Å². The fraction of sp³-hybridized carbons (Fsp3) is 0.143. The fourth-order valence-electron chi connectivity index (χ4n) is 3.31. The molecule has 0 atom stereocenters. The van der Waals surface area contributed by atoms with Crippen molar-refractivity contribution in [2.45, 2.75) is 13.3 Å². The SMILES string of the molecule is CCc1nn(-c2ccc(Oc3nc4cccnc4n3C)cc2)c2ncccc12. The number of rotatable bonds is 4. The van der Waals surface area contributed by atoms with Crippen LogP contribution in [0.1, 0.15) is 12.6 Å². The predicted octanol–water partition coefficient (Wildman–Crippen LogP) is 4.06. The molecule has 0 aliphatic heterocycles. The Morgan fingerprint density at radius 3 is 2.43 bits per heavy atom. The highest BCUT2D eigenvalue weighted by Crippen LogP contribution is 2.26. The number of ether oxygens (including phenoxy) is 1. The Bertz CT molecular complexity index is 1290. The second-order valence-electron chi connectivity index (χ2n) is 6.48. The van der Waals surface area contributed by atoms with Gasteiger partial charge in [0.05, 0.1) is 11.4 Å². The van der Waals surface area contributed by atoms with Crippen molar-refractivity contribution in [1.82, 2.24) is 29.3 Å². The van der Waals surface area contributed by atoms with Gasteiger partial charge in [0.25, 0.3) is 0 Å². The van der Waals surface area contributed by atoms with Gasteiger partial charge in [0.15, 0.2) is 11.3 Å². The summed E-state index contributed by atoms with van der Waals surface area (Å²) in [6, 6.07) is 16.0. The highest BCUT2D eigenvalue weighted by atomic mass is 16.5. The van der Waals surface area contributed by atoms with E-state index in [0.29, 0.717) is 11.8 Å². The normalized spacial score (nSPS) is 11.4. The minimum Gasteiger partial charge on any atom is -0.425 e. The molecule has 0 aliphatic carbocycles. The van der Waals surface area contributed by atoms with Gasteiger partial charge in [-0.25, -0.2) is 14.6 Å². The molecular formula is C21H18N6O. The fourth-order valence-corrected chi connectivity index (χ4v) is 3.31. The van der Waals surface area contributed by atoms with Gasteiger partial charge < -0.3 is 4.74 Å². The average Bonchev–Trinajstić information content (AvgIpc) is 3.27. The lowest BCUT2D eigenvalue weighted by atomic mass is 10.2. The largest absolute Gasteiger partial charge is 0.425 e. The summed E-state index contributed by atoms with van der Waals surface area (Å²) in [5.74, 6) is 0.697. The van der Waals surface area contributed by atoms with Gasteiger partial charge in [-0.15, -0.1) is 0 Å². The van der Waals surface area contributed by atoms with Crippen LogP contribution in [0.3, 0.4) is 0 Å². The van der Waals surface area contributed by atoms with Crippen molar-refractivity contribution in [3.05, 3.63) is 66.6 Å². The Labute approximate surface area is 161 Å². The molecule has 1 aromatic carbocycles. The van der Waals surface area contributed by atoms with Crippen LogP contribution in [0.5, 0.6) is 11.8 Å². The molecular weight excluding hydrogens is 352 g/mol. The Morgan fingerprint density at radius 2 is 1.68 bits per heavy atom. The summed E-state index contributed by atoms with van der Waals surface area (Å²) in [5.41, 5.74) is 4.42. The zero-order chi connectivity index (χ0) is 19.1. The number of imidazole rings is 1. The molecule has 4 aromatic heterocycles. The molecule has 5 aromatic rings. The van der Waals surface area contributed by atoms with Gasteiger partial charge in [-0.2, -0.15) is 10.1 Å². The van der Waals surface area contributed by atoms with Crippen molar-refractivity contribution in [2.75, 3.05) is 0 Å². The summed E-state index contributed by atoms with van der Waals surface area (Å²) in [6.45, 7) is 2.10. The quantitative estimate of drug-likeness (QED) is 0.477. The zero-order valence-corrected chi connectivity index (χ0v) is 15.6. The van der Waals surface area contributed by atoms with Crippen LogP contribution >= 0.6 is 0 Å². The van der Waals surface area contributed by atoms with Crippen LogP contribution < -0.4 is 4.74 Å².